The molecule has 154 valence electrons. The van der Waals surface area contributed by atoms with Crippen molar-refractivity contribution < 1.29 is 24.0 Å². The third-order valence-electron chi connectivity index (χ3n) is 4.88. The summed E-state index contributed by atoms with van der Waals surface area (Å²) in [6.45, 7) is 0. The number of ketones is 1. The van der Waals surface area contributed by atoms with Crippen LogP contribution in [0.1, 0.15) is 17.2 Å². The monoisotopic (exact) mass is 419 g/mol. The number of amides is 1. The Bertz CT molecular complexity index is 1210. The SMILES string of the molecule is O=C1C(=O)N(c2ccccn2)[C@@H](c2ccc(F)cc2)C1=C(O)c1ccc([N+](=O)[O-])cc1. The number of rotatable bonds is 4. The predicted octanol–water partition coefficient (Wildman–Crippen LogP) is 3.76. The average molecular weight is 419 g/mol. The third-order valence-corrected chi connectivity index (χ3v) is 4.88. The number of hydrogen-bond acceptors (Lipinski definition) is 6. The average Bonchev–Trinajstić information content (AvgIpc) is 3.05. The van der Waals surface area contributed by atoms with Gasteiger partial charge in [-0.15, -0.1) is 0 Å². The summed E-state index contributed by atoms with van der Waals surface area (Å²) in [4.78, 5) is 41.3. The van der Waals surface area contributed by atoms with E-state index in [0.29, 0.717) is 5.56 Å². The fourth-order valence-corrected chi connectivity index (χ4v) is 3.42. The number of aliphatic hydroxyl groups is 1. The van der Waals surface area contributed by atoms with Gasteiger partial charge < -0.3 is 5.11 Å². The molecule has 1 aromatic heterocycles. The first-order valence-electron chi connectivity index (χ1n) is 9.11. The van der Waals surface area contributed by atoms with E-state index in [-0.39, 0.29) is 22.6 Å². The van der Waals surface area contributed by atoms with E-state index in [2.05, 4.69) is 4.98 Å². The van der Waals surface area contributed by atoms with Crippen LogP contribution in [0.25, 0.3) is 5.76 Å². The van der Waals surface area contributed by atoms with Gasteiger partial charge in [0.25, 0.3) is 11.5 Å². The van der Waals surface area contributed by atoms with Crippen LogP contribution in [0, 0.1) is 15.9 Å². The molecular weight excluding hydrogens is 405 g/mol. The maximum Gasteiger partial charge on any atom is 0.301 e. The van der Waals surface area contributed by atoms with Crippen LogP contribution in [0.2, 0.25) is 0 Å². The molecule has 2 heterocycles. The predicted molar refractivity (Wildman–Crippen MR) is 109 cm³/mol. The molecule has 31 heavy (non-hydrogen) atoms. The fourth-order valence-electron chi connectivity index (χ4n) is 3.42. The van der Waals surface area contributed by atoms with Gasteiger partial charge in [0.15, 0.2) is 0 Å². The Morgan fingerprint density at radius 1 is 1.03 bits per heavy atom. The van der Waals surface area contributed by atoms with Gasteiger partial charge in [0.2, 0.25) is 0 Å². The molecule has 1 saturated heterocycles. The largest absolute Gasteiger partial charge is 0.507 e. The van der Waals surface area contributed by atoms with Crippen molar-refractivity contribution in [2.45, 2.75) is 6.04 Å². The number of Topliss-reactive ketones (excluding diaryl/α,β-unsaturated/α-hetero) is 1. The summed E-state index contributed by atoms with van der Waals surface area (Å²) in [6.07, 6.45) is 1.45. The molecule has 1 amide bonds. The molecule has 1 aliphatic rings. The Balaban J connectivity index is 1.91. The lowest BCUT2D eigenvalue weighted by atomic mass is 9.95. The Kier molecular flexibility index (Phi) is 5.00. The van der Waals surface area contributed by atoms with Crippen molar-refractivity contribution in [2.75, 3.05) is 4.90 Å². The van der Waals surface area contributed by atoms with Crippen LogP contribution >= 0.6 is 0 Å². The molecule has 0 aliphatic carbocycles. The first-order chi connectivity index (χ1) is 14.9. The van der Waals surface area contributed by atoms with Crippen molar-refractivity contribution in [3.63, 3.8) is 0 Å². The van der Waals surface area contributed by atoms with Gasteiger partial charge >= 0.3 is 5.91 Å². The van der Waals surface area contributed by atoms with Gasteiger partial charge in [0.05, 0.1) is 16.5 Å². The number of nitro benzene ring substituents is 1. The van der Waals surface area contributed by atoms with Crippen LogP contribution in [-0.4, -0.2) is 26.7 Å². The second kappa shape index (κ2) is 7.79. The highest BCUT2D eigenvalue weighted by atomic mass is 19.1. The Morgan fingerprint density at radius 3 is 2.29 bits per heavy atom. The van der Waals surface area contributed by atoms with E-state index in [1.807, 2.05) is 0 Å². The van der Waals surface area contributed by atoms with Crippen molar-refractivity contribution in [3.05, 3.63) is 106 Å². The number of aromatic nitrogens is 1. The number of carbonyl (C=O) groups excluding carboxylic acids is 2. The smallest absolute Gasteiger partial charge is 0.301 e. The topological polar surface area (TPSA) is 114 Å². The molecule has 8 nitrogen and oxygen atoms in total. The normalized spacial score (nSPS) is 17.7. The quantitative estimate of drug-likeness (QED) is 0.226. The molecule has 2 aromatic carbocycles. The summed E-state index contributed by atoms with van der Waals surface area (Å²) in [6, 6.07) is 13.8. The lowest BCUT2D eigenvalue weighted by Gasteiger charge is -2.24. The van der Waals surface area contributed by atoms with E-state index in [1.165, 1.54) is 60.8 Å². The van der Waals surface area contributed by atoms with E-state index in [4.69, 9.17) is 0 Å². The van der Waals surface area contributed by atoms with Gasteiger partial charge in [0, 0.05) is 23.9 Å². The van der Waals surface area contributed by atoms with Crippen LogP contribution < -0.4 is 4.90 Å². The zero-order valence-corrected chi connectivity index (χ0v) is 15.8. The molecule has 0 spiro atoms. The van der Waals surface area contributed by atoms with Crippen molar-refractivity contribution >= 4 is 29.0 Å². The Morgan fingerprint density at radius 2 is 1.71 bits per heavy atom. The second-order valence-electron chi connectivity index (χ2n) is 6.71. The molecule has 3 aromatic rings. The Labute approximate surface area is 175 Å². The number of pyridine rings is 1. The van der Waals surface area contributed by atoms with E-state index in [0.717, 1.165) is 4.90 Å². The van der Waals surface area contributed by atoms with Gasteiger partial charge in [-0.05, 0) is 42.0 Å². The third kappa shape index (κ3) is 3.52. The molecule has 1 fully saturated rings. The minimum absolute atomic E-state index is 0.122. The highest BCUT2D eigenvalue weighted by Gasteiger charge is 2.47. The van der Waals surface area contributed by atoms with Crippen LogP contribution in [0.5, 0.6) is 0 Å². The number of aliphatic hydroxyl groups excluding tert-OH is 1. The minimum Gasteiger partial charge on any atom is -0.507 e. The second-order valence-corrected chi connectivity index (χ2v) is 6.71. The molecule has 9 heteroatoms. The maximum absolute atomic E-state index is 13.5. The van der Waals surface area contributed by atoms with Crippen molar-refractivity contribution in [1.29, 1.82) is 0 Å². The van der Waals surface area contributed by atoms with Gasteiger partial charge in [0.1, 0.15) is 17.4 Å². The highest BCUT2D eigenvalue weighted by molar-refractivity contribution is 6.51. The molecular formula is C22H14FN3O5. The van der Waals surface area contributed by atoms with E-state index >= 15 is 0 Å². The number of non-ortho nitro benzene ring substituents is 1. The number of nitro groups is 1. The Hall–Kier alpha value is -4.40. The minimum atomic E-state index is -1.06. The molecule has 1 atom stereocenters. The number of halogens is 1. The van der Waals surface area contributed by atoms with Gasteiger partial charge in [-0.3, -0.25) is 24.6 Å². The number of nitrogens with zero attached hydrogens (tertiary/aromatic N) is 3. The van der Waals surface area contributed by atoms with Gasteiger partial charge in [-0.1, -0.05) is 18.2 Å². The van der Waals surface area contributed by atoms with Gasteiger partial charge in [-0.2, -0.15) is 0 Å². The molecule has 1 N–H and O–H groups in total. The van der Waals surface area contributed by atoms with Crippen molar-refractivity contribution in [3.8, 4) is 0 Å². The lowest BCUT2D eigenvalue weighted by molar-refractivity contribution is -0.384. The highest BCUT2D eigenvalue weighted by Crippen LogP contribution is 2.41. The number of benzene rings is 2. The molecule has 0 radical (unpaired) electrons. The lowest BCUT2D eigenvalue weighted by Crippen LogP contribution is -2.30. The number of anilines is 1. The van der Waals surface area contributed by atoms with Crippen LogP contribution in [0.15, 0.2) is 78.5 Å². The standard InChI is InChI=1S/C22H14FN3O5/c23-15-8-4-13(5-9-15)19-18(20(27)14-6-10-16(11-7-14)26(30)31)21(28)22(29)25(19)17-3-1-2-12-24-17/h1-12,19,27H/t19-/m0/s1. The zero-order valence-electron chi connectivity index (χ0n) is 15.8. The summed E-state index contributed by atoms with van der Waals surface area (Å²) in [5.41, 5.74) is 0.0862. The van der Waals surface area contributed by atoms with Gasteiger partial charge in [-0.25, -0.2) is 9.37 Å². The zero-order chi connectivity index (χ0) is 22.1. The van der Waals surface area contributed by atoms with Crippen molar-refractivity contribution in [2.24, 2.45) is 0 Å². The summed E-state index contributed by atoms with van der Waals surface area (Å²) >= 11 is 0. The van der Waals surface area contributed by atoms with E-state index in [9.17, 15) is 29.2 Å². The molecule has 0 bridgehead atoms. The summed E-state index contributed by atoms with van der Waals surface area (Å²) < 4.78 is 13.5. The fraction of sp³-hybridized carbons (Fsp3) is 0.0455. The van der Waals surface area contributed by atoms with Crippen LogP contribution in [-0.2, 0) is 9.59 Å². The summed E-state index contributed by atoms with van der Waals surface area (Å²) in [7, 11) is 0. The maximum atomic E-state index is 13.5. The summed E-state index contributed by atoms with van der Waals surface area (Å²) in [5, 5.41) is 21.8. The first kappa shape index (κ1) is 19.9. The number of carbonyl (C=O) groups is 2. The first-order valence-corrected chi connectivity index (χ1v) is 9.11. The molecule has 0 unspecified atom stereocenters. The van der Waals surface area contributed by atoms with Crippen LogP contribution in [0.3, 0.4) is 0 Å². The number of hydrogen-bond donors (Lipinski definition) is 1. The van der Waals surface area contributed by atoms with E-state index < -0.39 is 34.2 Å². The summed E-state index contributed by atoms with van der Waals surface area (Å²) in [5.74, 6) is -2.68. The van der Waals surface area contributed by atoms with Crippen LogP contribution in [0.4, 0.5) is 15.9 Å². The molecule has 1 aliphatic heterocycles. The van der Waals surface area contributed by atoms with E-state index in [1.54, 1.807) is 12.1 Å². The van der Waals surface area contributed by atoms with Crippen molar-refractivity contribution in [1.82, 2.24) is 4.98 Å². The molecule has 0 saturated carbocycles. The molecule has 4 rings (SSSR count).